The van der Waals surface area contributed by atoms with Gasteiger partial charge in [-0.1, -0.05) is 6.07 Å². The van der Waals surface area contributed by atoms with Crippen LogP contribution in [0.15, 0.2) is 18.2 Å². The minimum atomic E-state index is -5.84. The fourth-order valence-electron chi connectivity index (χ4n) is 3.20. The molecular formula is C17H20F4O5S. The summed E-state index contributed by atoms with van der Waals surface area (Å²) in [6.45, 7) is 2.04. The second kappa shape index (κ2) is 8.45. The quantitative estimate of drug-likeness (QED) is 0.302. The van der Waals surface area contributed by atoms with Gasteiger partial charge in [0.1, 0.15) is 11.6 Å². The molecule has 0 amide bonds. The van der Waals surface area contributed by atoms with Crippen LogP contribution in [0.25, 0.3) is 0 Å². The maximum absolute atomic E-state index is 14.3. The average Bonchev–Trinajstić information content (AvgIpc) is 2.55. The maximum atomic E-state index is 14.3. The van der Waals surface area contributed by atoms with E-state index in [0.717, 1.165) is 6.07 Å². The first kappa shape index (κ1) is 21.5. The maximum Gasteiger partial charge on any atom is 0.534 e. The zero-order valence-electron chi connectivity index (χ0n) is 14.6. The molecule has 1 aliphatic carbocycles. The van der Waals surface area contributed by atoms with Gasteiger partial charge in [0.2, 0.25) is 0 Å². The minimum absolute atomic E-state index is 0.155. The lowest BCUT2D eigenvalue weighted by Crippen LogP contribution is -2.28. The number of hydrogen-bond donors (Lipinski definition) is 0. The van der Waals surface area contributed by atoms with Crippen LogP contribution < -0.4 is 4.18 Å². The number of ether oxygens (including phenoxy) is 1. The van der Waals surface area contributed by atoms with Gasteiger partial charge in [-0.25, -0.2) is 4.39 Å². The molecule has 10 heteroatoms. The molecule has 1 fully saturated rings. The van der Waals surface area contributed by atoms with Gasteiger partial charge >= 0.3 is 21.6 Å². The van der Waals surface area contributed by atoms with Gasteiger partial charge in [0.05, 0.1) is 6.61 Å². The van der Waals surface area contributed by atoms with E-state index in [1.54, 1.807) is 6.92 Å². The molecule has 0 aromatic heterocycles. The molecule has 0 unspecified atom stereocenters. The van der Waals surface area contributed by atoms with Gasteiger partial charge in [0.15, 0.2) is 0 Å². The minimum Gasteiger partial charge on any atom is -0.466 e. The Balaban J connectivity index is 2.00. The predicted molar refractivity (Wildman–Crippen MR) is 88.0 cm³/mol. The highest BCUT2D eigenvalue weighted by Crippen LogP contribution is 2.39. The van der Waals surface area contributed by atoms with E-state index in [1.807, 2.05) is 0 Å². The molecule has 0 bridgehead atoms. The number of rotatable bonds is 6. The first-order valence-electron chi connectivity index (χ1n) is 8.49. The molecule has 5 nitrogen and oxygen atoms in total. The van der Waals surface area contributed by atoms with Gasteiger partial charge in [0, 0.05) is 12.5 Å². The van der Waals surface area contributed by atoms with Gasteiger partial charge < -0.3 is 8.92 Å². The highest BCUT2D eigenvalue weighted by molar-refractivity contribution is 7.88. The lowest BCUT2D eigenvalue weighted by molar-refractivity contribution is -0.144. The van der Waals surface area contributed by atoms with Gasteiger partial charge in [-0.2, -0.15) is 21.6 Å². The van der Waals surface area contributed by atoms with E-state index in [0.29, 0.717) is 50.3 Å². The van der Waals surface area contributed by atoms with Crippen LogP contribution in [-0.4, -0.2) is 26.5 Å². The lowest BCUT2D eigenvalue weighted by Gasteiger charge is -2.28. The van der Waals surface area contributed by atoms with Gasteiger partial charge in [0.25, 0.3) is 0 Å². The third-order valence-corrected chi connectivity index (χ3v) is 5.49. The number of hydrogen-bond acceptors (Lipinski definition) is 5. The Morgan fingerprint density at radius 2 is 1.81 bits per heavy atom. The van der Waals surface area contributed by atoms with E-state index >= 15 is 0 Å². The van der Waals surface area contributed by atoms with Crippen molar-refractivity contribution in [1.29, 1.82) is 0 Å². The second-order valence-corrected chi connectivity index (χ2v) is 7.93. The molecule has 0 aliphatic heterocycles. The Kier molecular flexibility index (Phi) is 6.72. The third kappa shape index (κ3) is 5.57. The van der Waals surface area contributed by atoms with Crippen molar-refractivity contribution in [3.63, 3.8) is 0 Å². The highest BCUT2D eigenvalue weighted by Gasteiger charge is 2.48. The van der Waals surface area contributed by atoms with Crippen LogP contribution in [0.2, 0.25) is 0 Å². The summed E-state index contributed by atoms with van der Waals surface area (Å²) in [5, 5.41) is 0. The van der Waals surface area contributed by atoms with Crippen molar-refractivity contribution in [2.75, 3.05) is 6.61 Å². The van der Waals surface area contributed by atoms with Crippen molar-refractivity contribution in [1.82, 2.24) is 0 Å². The van der Waals surface area contributed by atoms with Crippen LogP contribution in [0.3, 0.4) is 0 Å². The van der Waals surface area contributed by atoms with E-state index < -0.39 is 27.2 Å². The van der Waals surface area contributed by atoms with E-state index in [-0.39, 0.29) is 17.8 Å². The molecular weight excluding hydrogens is 392 g/mol. The molecule has 0 heterocycles. The Bertz CT molecular complexity index is 768. The van der Waals surface area contributed by atoms with Gasteiger partial charge in [-0.3, -0.25) is 4.79 Å². The van der Waals surface area contributed by atoms with Crippen molar-refractivity contribution >= 4 is 16.1 Å². The van der Waals surface area contributed by atoms with Crippen LogP contribution in [0.4, 0.5) is 17.6 Å². The van der Waals surface area contributed by atoms with Crippen molar-refractivity contribution < 1.29 is 39.7 Å². The molecule has 1 aliphatic rings. The predicted octanol–water partition coefficient (Wildman–Crippen LogP) is 4.28. The standard InChI is InChI=1S/C17H20F4O5S/c1-2-25-16(22)9-11-3-5-12(6-4-11)14-8-7-13(10-15(14)18)26-27(23,24)17(19,20)21/h7-8,10-12H,2-6,9H2,1H3/t11-,12+. The molecule has 1 aromatic rings. The van der Waals surface area contributed by atoms with Crippen LogP contribution >= 0.6 is 0 Å². The summed E-state index contributed by atoms with van der Waals surface area (Å²) in [6.07, 6.45) is 2.93. The normalized spacial score (nSPS) is 20.9. The SMILES string of the molecule is CCOC(=O)C[C@H]1CC[C@@H](c2ccc(OS(=O)(=O)C(F)(F)F)cc2F)CC1. The summed E-state index contributed by atoms with van der Waals surface area (Å²) in [5.74, 6) is -1.82. The Hall–Kier alpha value is -1.84. The number of carbonyl (C=O) groups is 1. The summed E-state index contributed by atoms with van der Waals surface area (Å²) < 4.78 is 82.1. The fourth-order valence-corrected chi connectivity index (χ4v) is 3.65. The molecule has 0 atom stereocenters. The molecule has 152 valence electrons. The average molecular weight is 412 g/mol. The van der Waals surface area contributed by atoms with E-state index in [1.165, 1.54) is 6.07 Å². The monoisotopic (exact) mass is 412 g/mol. The molecule has 0 N–H and O–H groups in total. The number of benzene rings is 1. The summed E-state index contributed by atoms with van der Waals surface area (Å²) >= 11 is 0. The summed E-state index contributed by atoms with van der Waals surface area (Å²) in [7, 11) is -5.84. The molecule has 0 radical (unpaired) electrons. The molecule has 2 rings (SSSR count). The molecule has 0 spiro atoms. The fraction of sp³-hybridized carbons (Fsp3) is 0.588. The van der Waals surface area contributed by atoms with Crippen molar-refractivity contribution in [3.8, 4) is 5.75 Å². The Morgan fingerprint density at radius 1 is 1.19 bits per heavy atom. The smallest absolute Gasteiger partial charge is 0.466 e. The van der Waals surface area contributed by atoms with Crippen LogP contribution in [-0.2, 0) is 19.6 Å². The first-order valence-corrected chi connectivity index (χ1v) is 9.90. The van der Waals surface area contributed by atoms with E-state index in [4.69, 9.17) is 4.74 Å². The van der Waals surface area contributed by atoms with Crippen LogP contribution in [0, 0.1) is 11.7 Å². The molecule has 1 aromatic carbocycles. The Morgan fingerprint density at radius 3 is 2.33 bits per heavy atom. The number of carbonyl (C=O) groups excluding carboxylic acids is 1. The number of alkyl halides is 3. The zero-order chi connectivity index (χ0) is 20.2. The zero-order valence-corrected chi connectivity index (χ0v) is 15.4. The van der Waals surface area contributed by atoms with Crippen LogP contribution in [0.1, 0.15) is 50.5 Å². The van der Waals surface area contributed by atoms with Gasteiger partial charge in [-0.05, 0) is 56.1 Å². The van der Waals surface area contributed by atoms with Gasteiger partial charge in [-0.15, -0.1) is 0 Å². The molecule has 1 saturated carbocycles. The topological polar surface area (TPSA) is 69.7 Å². The largest absolute Gasteiger partial charge is 0.534 e. The summed E-state index contributed by atoms with van der Waals surface area (Å²) in [4.78, 5) is 11.5. The highest BCUT2D eigenvalue weighted by atomic mass is 32.2. The van der Waals surface area contributed by atoms with Crippen molar-refractivity contribution in [3.05, 3.63) is 29.6 Å². The summed E-state index contributed by atoms with van der Waals surface area (Å²) in [5.41, 5.74) is -5.29. The number of esters is 1. The van der Waals surface area contributed by atoms with E-state index in [9.17, 15) is 30.8 Å². The van der Waals surface area contributed by atoms with Crippen molar-refractivity contribution in [2.45, 2.75) is 50.5 Å². The van der Waals surface area contributed by atoms with Crippen LogP contribution in [0.5, 0.6) is 5.75 Å². The summed E-state index contributed by atoms with van der Waals surface area (Å²) in [6, 6.07) is 2.89. The van der Waals surface area contributed by atoms with Crippen molar-refractivity contribution in [2.24, 2.45) is 5.92 Å². The lowest BCUT2D eigenvalue weighted by atomic mass is 9.77. The molecule has 0 saturated heterocycles. The third-order valence-electron chi connectivity index (χ3n) is 4.51. The van der Waals surface area contributed by atoms with E-state index in [2.05, 4.69) is 4.18 Å². The second-order valence-electron chi connectivity index (χ2n) is 6.39. The Labute approximate surface area is 154 Å². The first-order chi connectivity index (χ1) is 12.5. The molecule has 27 heavy (non-hydrogen) atoms. The number of halogens is 4.